The molecule has 1 fully saturated rings. The zero-order chi connectivity index (χ0) is 14.5. The van der Waals surface area contributed by atoms with Crippen LogP contribution in [0.25, 0.3) is 0 Å². The Morgan fingerprint density at radius 2 is 2.24 bits per heavy atom. The maximum atomic E-state index is 5.92. The average Bonchev–Trinajstić information content (AvgIpc) is 3.17. The quantitative estimate of drug-likeness (QED) is 0.819. The van der Waals surface area contributed by atoms with Gasteiger partial charge in [-0.25, -0.2) is 0 Å². The van der Waals surface area contributed by atoms with Crippen LogP contribution in [0.1, 0.15) is 18.9 Å². The summed E-state index contributed by atoms with van der Waals surface area (Å²) in [5.41, 5.74) is 1.10. The van der Waals surface area contributed by atoms with E-state index >= 15 is 0 Å². The van der Waals surface area contributed by atoms with Gasteiger partial charge < -0.3 is 14.2 Å². The summed E-state index contributed by atoms with van der Waals surface area (Å²) in [7, 11) is 0. The fraction of sp³-hybridized carbons (Fsp3) is 0.438. The molecule has 0 spiro atoms. The minimum atomic E-state index is -0.0853. The third kappa shape index (κ3) is 3.62. The Kier molecular flexibility index (Phi) is 4.52. The molecule has 2 aromatic rings. The van der Waals surface area contributed by atoms with Crippen LogP contribution >= 0.6 is 0 Å². The van der Waals surface area contributed by atoms with Gasteiger partial charge >= 0.3 is 0 Å². The Morgan fingerprint density at radius 1 is 1.33 bits per heavy atom. The van der Waals surface area contributed by atoms with Crippen LogP contribution in [0.4, 0.5) is 0 Å². The number of benzene rings is 1. The van der Waals surface area contributed by atoms with Crippen molar-refractivity contribution in [3.8, 4) is 5.75 Å². The van der Waals surface area contributed by atoms with Crippen molar-refractivity contribution in [2.75, 3.05) is 13.2 Å². The highest BCUT2D eigenvalue weighted by atomic mass is 16.7. The molecule has 2 heterocycles. The minimum absolute atomic E-state index is 0.00714. The number of ether oxygens (including phenoxy) is 3. The molecule has 0 N–H and O–H groups in total. The largest absolute Gasteiger partial charge is 0.490 e. The van der Waals surface area contributed by atoms with E-state index < -0.39 is 0 Å². The van der Waals surface area contributed by atoms with Gasteiger partial charge in [-0.2, -0.15) is 5.10 Å². The molecule has 2 atom stereocenters. The second-order valence-corrected chi connectivity index (χ2v) is 5.05. The van der Waals surface area contributed by atoms with Crippen molar-refractivity contribution in [2.45, 2.75) is 32.3 Å². The van der Waals surface area contributed by atoms with Crippen LogP contribution in [0.3, 0.4) is 0 Å². The number of aromatic nitrogens is 2. The Balaban J connectivity index is 1.60. The molecule has 2 unspecified atom stereocenters. The molecule has 1 aromatic heterocycles. The van der Waals surface area contributed by atoms with E-state index in [-0.39, 0.29) is 12.4 Å². The molecule has 0 bridgehead atoms. The predicted octanol–water partition coefficient (Wildman–Crippen LogP) is 2.46. The highest BCUT2D eigenvalue weighted by Crippen LogP contribution is 2.21. The third-order valence-corrected chi connectivity index (χ3v) is 3.43. The zero-order valence-electron chi connectivity index (χ0n) is 12.1. The minimum Gasteiger partial charge on any atom is -0.490 e. The normalized spacial score (nSPS) is 21.6. The van der Waals surface area contributed by atoms with E-state index in [2.05, 4.69) is 11.2 Å². The third-order valence-electron chi connectivity index (χ3n) is 3.43. The lowest BCUT2D eigenvalue weighted by atomic mass is 10.2. The SMILES string of the molecule is CCC1OCC(COc2ccccc2Cn2cccn2)O1. The first kappa shape index (κ1) is 14.1. The van der Waals surface area contributed by atoms with Crippen LogP contribution in [0.15, 0.2) is 42.7 Å². The van der Waals surface area contributed by atoms with Gasteiger partial charge in [-0.1, -0.05) is 25.1 Å². The Morgan fingerprint density at radius 3 is 3.00 bits per heavy atom. The summed E-state index contributed by atoms with van der Waals surface area (Å²) in [4.78, 5) is 0. The molecular weight excluding hydrogens is 268 g/mol. The summed E-state index contributed by atoms with van der Waals surface area (Å²) < 4.78 is 19.0. The molecule has 21 heavy (non-hydrogen) atoms. The van der Waals surface area contributed by atoms with Crippen molar-refractivity contribution < 1.29 is 14.2 Å². The summed E-state index contributed by atoms with van der Waals surface area (Å²) in [6.07, 6.45) is 4.51. The van der Waals surface area contributed by atoms with E-state index in [0.717, 1.165) is 17.7 Å². The van der Waals surface area contributed by atoms with E-state index in [4.69, 9.17) is 14.2 Å². The summed E-state index contributed by atoms with van der Waals surface area (Å²) in [6, 6.07) is 9.93. The summed E-state index contributed by atoms with van der Waals surface area (Å²) in [6.45, 7) is 3.85. The molecule has 3 rings (SSSR count). The fourth-order valence-electron chi connectivity index (χ4n) is 2.34. The zero-order valence-corrected chi connectivity index (χ0v) is 12.1. The molecule has 1 aromatic carbocycles. The standard InChI is InChI=1S/C16H20N2O3/c1-2-16-20-12-14(21-16)11-19-15-7-4-3-6-13(15)10-18-9-5-8-17-18/h3-9,14,16H,2,10-12H2,1H3. The maximum absolute atomic E-state index is 5.92. The molecule has 0 radical (unpaired) electrons. The number of nitrogens with zero attached hydrogens (tertiary/aromatic N) is 2. The summed E-state index contributed by atoms with van der Waals surface area (Å²) >= 11 is 0. The number of hydrogen-bond acceptors (Lipinski definition) is 4. The van der Waals surface area contributed by atoms with Crippen molar-refractivity contribution >= 4 is 0 Å². The van der Waals surface area contributed by atoms with Gasteiger partial charge in [-0.05, 0) is 18.6 Å². The number of rotatable bonds is 6. The average molecular weight is 288 g/mol. The van der Waals surface area contributed by atoms with Crippen LogP contribution in [-0.4, -0.2) is 35.4 Å². The lowest BCUT2D eigenvalue weighted by Crippen LogP contribution is -2.21. The van der Waals surface area contributed by atoms with E-state index in [1.807, 2.05) is 42.1 Å². The predicted molar refractivity (Wildman–Crippen MR) is 78.2 cm³/mol. The van der Waals surface area contributed by atoms with Gasteiger partial charge in [0.1, 0.15) is 18.5 Å². The Hall–Kier alpha value is -1.85. The van der Waals surface area contributed by atoms with E-state index in [1.165, 1.54) is 0 Å². The van der Waals surface area contributed by atoms with Gasteiger partial charge in [0, 0.05) is 18.0 Å². The molecule has 5 heteroatoms. The van der Waals surface area contributed by atoms with Gasteiger partial charge in [-0.3, -0.25) is 4.68 Å². The number of para-hydroxylation sites is 1. The lowest BCUT2D eigenvalue weighted by molar-refractivity contribution is -0.0643. The second kappa shape index (κ2) is 6.74. The molecule has 1 saturated heterocycles. The van der Waals surface area contributed by atoms with Crippen LogP contribution in [-0.2, 0) is 16.0 Å². The first-order valence-corrected chi connectivity index (χ1v) is 7.30. The molecule has 0 amide bonds. The monoisotopic (exact) mass is 288 g/mol. The van der Waals surface area contributed by atoms with E-state index in [1.54, 1.807) is 6.20 Å². The van der Waals surface area contributed by atoms with E-state index in [0.29, 0.717) is 19.8 Å². The lowest BCUT2D eigenvalue weighted by Gasteiger charge is -2.14. The maximum Gasteiger partial charge on any atom is 0.158 e. The van der Waals surface area contributed by atoms with Crippen LogP contribution in [0.2, 0.25) is 0 Å². The molecule has 112 valence electrons. The van der Waals surface area contributed by atoms with Crippen molar-refractivity contribution in [1.82, 2.24) is 9.78 Å². The van der Waals surface area contributed by atoms with Crippen molar-refractivity contribution in [3.05, 3.63) is 48.3 Å². The first-order chi connectivity index (χ1) is 10.3. The Labute approximate surface area is 124 Å². The summed E-state index contributed by atoms with van der Waals surface area (Å²) in [5, 5.41) is 4.23. The van der Waals surface area contributed by atoms with Gasteiger partial charge in [0.2, 0.25) is 0 Å². The molecule has 1 aliphatic rings. The van der Waals surface area contributed by atoms with Crippen molar-refractivity contribution in [3.63, 3.8) is 0 Å². The smallest absolute Gasteiger partial charge is 0.158 e. The van der Waals surface area contributed by atoms with Crippen LogP contribution < -0.4 is 4.74 Å². The Bertz CT molecular complexity index is 556. The first-order valence-electron chi connectivity index (χ1n) is 7.30. The summed E-state index contributed by atoms with van der Waals surface area (Å²) in [5.74, 6) is 0.872. The van der Waals surface area contributed by atoms with Gasteiger partial charge in [0.25, 0.3) is 0 Å². The highest BCUT2D eigenvalue weighted by molar-refractivity contribution is 5.33. The van der Waals surface area contributed by atoms with Gasteiger partial charge in [0.05, 0.1) is 13.2 Å². The van der Waals surface area contributed by atoms with Crippen molar-refractivity contribution in [2.24, 2.45) is 0 Å². The van der Waals surface area contributed by atoms with Gasteiger partial charge in [0.15, 0.2) is 6.29 Å². The molecule has 1 aliphatic heterocycles. The topological polar surface area (TPSA) is 45.5 Å². The van der Waals surface area contributed by atoms with Crippen LogP contribution in [0, 0.1) is 0 Å². The second-order valence-electron chi connectivity index (χ2n) is 5.05. The molecule has 0 saturated carbocycles. The van der Waals surface area contributed by atoms with Crippen molar-refractivity contribution in [1.29, 1.82) is 0 Å². The van der Waals surface area contributed by atoms with Gasteiger partial charge in [-0.15, -0.1) is 0 Å². The molecule has 5 nitrogen and oxygen atoms in total. The molecular formula is C16H20N2O3. The molecule has 0 aliphatic carbocycles. The van der Waals surface area contributed by atoms with Crippen LogP contribution in [0.5, 0.6) is 5.75 Å². The fourth-order valence-corrected chi connectivity index (χ4v) is 2.34. The highest BCUT2D eigenvalue weighted by Gasteiger charge is 2.25. The van der Waals surface area contributed by atoms with E-state index in [9.17, 15) is 0 Å². The number of hydrogen-bond donors (Lipinski definition) is 0.